The van der Waals surface area contributed by atoms with E-state index in [4.69, 9.17) is 9.52 Å². The Bertz CT molecular complexity index is 1270. The first-order chi connectivity index (χ1) is 15.1. The minimum Gasteiger partial charge on any atom is -0.512 e. The molecule has 4 nitrogen and oxygen atoms in total. The average Bonchev–Trinajstić information content (AvgIpc) is 3.09. The topological polar surface area (TPSA) is 63.3 Å². The molecule has 0 aliphatic carbocycles. The molecule has 4 rings (SSSR count). The van der Waals surface area contributed by atoms with Gasteiger partial charge in [-0.3, -0.25) is 4.79 Å². The van der Waals surface area contributed by atoms with Crippen LogP contribution in [0.3, 0.4) is 0 Å². The van der Waals surface area contributed by atoms with Crippen molar-refractivity contribution in [3.63, 3.8) is 0 Å². The number of aliphatic hydroxyl groups excluding tert-OH is 1. The zero-order valence-corrected chi connectivity index (χ0v) is 22.1. The molecular formula is C28H28IrNO3-. The molecule has 0 bridgehead atoms. The molecule has 0 saturated carbocycles. The molecule has 1 radical (unpaired) electrons. The smallest absolute Gasteiger partial charge is 0.155 e. The minimum atomic E-state index is -0.125. The van der Waals surface area contributed by atoms with Gasteiger partial charge in [-0.25, -0.2) is 0 Å². The molecule has 2 aromatic carbocycles. The van der Waals surface area contributed by atoms with E-state index in [2.05, 4.69) is 81.2 Å². The van der Waals surface area contributed by atoms with Crippen molar-refractivity contribution in [3.8, 4) is 22.6 Å². The number of benzene rings is 2. The van der Waals surface area contributed by atoms with E-state index in [1.54, 1.807) is 0 Å². The molecule has 0 amide bonds. The molecular weight excluding hydrogens is 591 g/mol. The van der Waals surface area contributed by atoms with Crippen LogP contribution in [0.5, 0.6) is 0 Å². The van der Waals surface area contributed by atoms with E-state index < -0.39 is 0 Å². The summed E-state index contributed by atoms with van der Waals surface area (Å²) in [5.74, 6) is 0.835. The molecule has 2 heterocycles. The van der Waals surface area contributed by atoms with Gasteiger partial charge in [0.25, 0.3) is 0 Å². The fraction of sp³-hybridized carbons (Fsp3) is 0.214. The Morgan fingerprint density at radius 3 is 2.24 bits per heavy atom. The predicted molar refractivity (Wildman–Crippen MR) is 130 cm³/mol. The third-order valence-electron chi connectivity index (χ3n) is 4.97. The molecule has 0 unspecified atom stereocenters. The molecule has 0 fully saturated rings. The van der Waals surface area contributed by atoms with Gasteiger partial charge in [0.15, 0.2) is 11.4 Å². The maximum Gasteiger partial charge on any atom is 0.155 e. The van der Waals surface area contributed by atoms with Crippen LogP contribution in [0.25, 0.3) is 33.6 Å². The maximum atomic E-state index is 10.0. The summed E-state index contributed by atoms with van der Waals surface area (Å²) in [6, 6.07) is 18.1. The van der Waals surface area contributed by atoms with Gasteiger partial charge in [0.2, 0.25) is 0 Å². The van der Waals surface area contributed by atoms with Crippen molar-refractivity contribution in [3.05, 3.63) is 88.8 Å². The van der Waals surface area contributed by atoms with Gasteiger partial charge in [0, 0.05) is 37.1 Å². The van der Waals surface area contributed by atoms with E-state index in [1.165, 1.54) is 42.2 Å². The molecule has 5 heteroatoms. The largest absolute Gasteiger partial charge is 0.512 e. The van der Waals surface area contributed by atoms with Crippen molar-refractivity contribution in [1.82, 2.24) is 4.98 Å². The molecule has 1 N–H and O–H groups in total. The number of carbonyl (C=O) groups is 1. The maximum absolute atomic E-state index is 10.0. The van der Waals surface area contributed by atoms with Crippen LogP contribution >= 0.6 is 0 Å². The van der Waals surface area contributed by atoms with Gasteiger partial charge in [-0.2, -0.15) is 0 Å². The zero-order chi connectivity index (χ0) is 23.4. The van der Waals surface area contributed by atoms with Crippen LogP contribution in [0.15, 0.2) is 64.9 Å². The Kier molecular flexibility index (Phi) is 8.92. The number of carbonyl (C=O) groups excluding carboxylic acids is 1. The minimum absolute atomic E-state index is 0. The summed E-state index contributed by atoms with van der Waals surface area (Å²) in [6.07, 6.45) is 2.98. The summed E-state index contributed by atoms with van der Waals surface area (Å²) in [7, 11) is 0. The Balaban J connectivity index is 0.000000423. The van der Waals surface area contributed by atoms with Crippen LogP contribution in [-0.2, 0) is 24.9 Å². The van der Waals surface area contributed by atoms with Crippen molar-refractivity contribution in [2.45, 2.75) is 41.5 Å². The Morgan fingerprint density at radius 2 is 1.70 bits per heavy atom. The summed E-state index contributed by atoms with van der Waals surface area (Å²) in [6.45, 7) is 11.2. The van der Waals surface area contributed by atoms with E-state index in [0.29, 0.717) is 0 Å². The van der Waals surface area contributed by atoms with Gasteiger partial charge in [0.05, 0.1) is 12.0 Å². The monoisotopic (exact) mass is 619 g/mol. The first kappa shape index (κ1) is 26.2. The predicted octanol–water partition coefficient (Wildman–Crippen LogP) is 7.23. The normalized spacial score (nSPS) is 10.9. The molecule has 33 heavy (non-hydrogen) atoms. The van der Waals surface area contributed by atoms with E-state index in [9.17, 15) is 4.79 Å². The number of rotatable bonds is 3. The first-order valence-electron chi connectivity index (χ1n) is 10.5. The Morgan fingerprint density at radius 1 is 1.03 bits per heavy atom. The summed E-state index contributed by atoms with van der Waals surface area (Å²) in [4.78, 5) is 14.6. The molecule has 0 atom stereocenters. The third-order valence-corrected chi connectivity index (χ3v) is 4.97. The summed E-state index contributed by atoms with van der Waals surface area (Å²) >= 11 is 0. The van der Waals surface area contributed by atoms with Gasteiger partial charge in [0.1, 0.15) is 5.76 Å². The number of hydrogen-bond donors (Lipinski definition) is 1. The number of aliphatic hydroxyl groups is 1. The molecule has 173 valence electrons. The van der Waals surface area contributed by atoms with E-state index in [1.807, 2.05) is 6.20 Å². The SMILES string of the molecule is CC(=O)/C=C(/C)O.Cc1[c-]c(-c2cc3cc(-c4c(C)cccc4C)oc3cn2)cc(C)c1.[Ir]. The van der Waals surface area contributed by atoms with Crippen LogP contribution in [0.1, 0.15) is 36.1 Å². The van der Waals surface area contributed by atoms with Crippen LogP contribution in [0.2, 0.25) is 0 Å². The summed E-state index contributed by atoms with van der Waals surface area (Å²) in [5, 5.41) is 9.43. The molecule has 4 aromatic rings. The summed E-state index contributed by atoms with van der Waals surface area (Å²) < 4.78 is 6.08. The van der Waals surface area contributed by atoms with Crippen LogP contribution in [0.4, 0.5) is 0 Å². The van der Waals surface area contributed by atoms with Gasteiger partial charge in [-0.15, -0.1) is 34.9 Å². The van der Waals surface area contributed by atoms with Crippen molar-refractivity contribution >= 4 is 16.8 Å². The number of nitrogens with zero attached hydrogens (tertiary/aromatic N) is 1. The van der Waals surface area contributed by atoms with Gasteiger partial charge in [-0.05, 0) is 50.6 Å². The number of pyridine rings is 1. The van der Waals surface area contributed by atoms with Crippen molar-refractivity contribution < 1.29 is 34.4 Å². The first-order valence-corrected chi connectivity index (χ1v) is 10.5. The van der Waals surface area contributed by atoms with Crippen molar-refractivity contribution in [1.29, 1.82) is 0 Å². The van der Waals surface area contributed by atoms with Gasteiger partial charge in [-0.1, -0.05) is 38.1 Å². The molecule has 0 aliphatic heterocycles. The summed E-state index contributed by atoms with van der Waals surface area (Å²) in [5.41, 5.74) is 8.70. The zero-order valence-electron chi connectivity index (χ0n) is 19.7. The third kappa shape index (κ3) is 6.74. The van der Waals surface area contributed by atoms with Gasteiger partial charge < -0.3 is 14.5 Å². The van der Waals surface area contributed by atoms with Crippen LogP contribution in [0, 0.1) is 33.8 Å². The molecule has 2 aromatic heterocycles. The van der Waals surface area contributed by atoms with Crippen molar-refractivity contribution in [2.75, 3.05) is 0 Å². The Hall–Kier alpha value is -3.01. The Labute approximate surface area is 208 Å². The van der Waals surface area contributed by atoms with Gasteiger partial charge >= 0.3 is 0 Å². The average molecular weight is 619 g/mol. The fourth-order valence-electron chi connectivity index (χ4n) is 3.75. The van der Waals surface area contributed by atoms with E-state index >= 15 is 0 Å². The second-order valence-electron chi connectivity index (χ2n) is 8.14. The number of furan rings is 1. The number of aromatic nitrogens is 1. The number of hydrogen-bond acceptors (Lipinski definition) is 4. The quantitative estimate of drug-likeness (QED) is 0.150. The van der Waals surface area contributed by atoms with E-state index in [0.717, 1.165) is 33.6 Å². The number of allylic oxidation sites excluding steroid dienone is 2. The van der Waals surface area contributed by atoms with Crippen LogP contribution < -0.4 is 0 Å². The molecule has 0 aliphatic rings. The number of ketones is 1. The van der Waals surface area contributed by atoms with Crippen LogP contribution in [-0.4, -0.2) is 15.9 Å². The van der Waals surface area contributed by atoms with E-state index in [-0.39, 0.29) is 31.6 Å². The fourth-order valence-corrected chi connectivity index (χ4v) is 3.75. The standard InChI is InChI=1S/C23H20NO.C5H8O2.Ir/c1-14-8-15(2)10-18(9-14)20-11-19-12-21(25-22(19)13-24-20)23-16(3)6-5-7-17(23)4;1-4(6)3-5(2)7;/h5-9,11-13H,1-4H3;3,6H,1-2H3;/q-1;;/b;4-3-;. The molecule has 0 saturated heterocycles. The number of fused-ring (bicyclic) bond motifs is 1. The van der Waals surface area contributed by atoms with Crippen molar-refractivity contribution in [2.24, 2.45) is 0 Å². The molecule has 0 spiro atoms. The second kappa shape index (κ2) is 11.2. The number of aryl methyl sites for hydroxylation is 4. The second-order valence-corrected chi connectivity index (χ2v) is 8.14.